The first kappa shape index (κ1) is 23.3. The zero-order valence-electron chi connectivity index (χ0n) is 18.5. The summed E-state index contributed by atoms with van der Waals surface area (Å²) in [5, 5.41) is 5.21. The molecule has 2 saturated heterocycles. The third kappa shape index (κ3) is 5.21. The molecule has 2 aliphatic rings. The molecule has 10 nitrogen and oxygen atoms in total. The number of ether oxygens (including phenoxy) is 2. The number of carbonyl (C=O) groups is 1. The van der Waals surface area contributed by atoms with Crippen LogP contribution in [0.1, 0.15) is 30.0 Å². The quantitative estimate of drug-likeness (QED) is 0.661. The molecule has 4 heterocycles. The molecule has 2 aliphatic heterocycles. The minimum Gasteiger partial charge on any atom is -0.379 e. The molecular formula is C20H29N5O5S2. The second-order valence-electron chi connectivity index (χ2n) is 8.24. The van der Waals surface area contributed by atoms with Gasteiger partial charge >= 0.3 is 0 Å². The van der Waals surface area contributed by atoms with Crippen molar-refractivity contribution >= 4 is 32.4 Å². The summed E-state index contributed by atoms with van der Waals surface area (Å²) in [4.78, 5) is 19.7. The van der Waals surface area contributed by atoms with Crippen LogP contribution in [0.15, 0.2) is 22.5 Å². The standard InChI is InChI=1S/C20H29N5O5S2/c1-14-9-24(10-15(2)30-14)11-16-13-31-20(21-16)22-19(26)18-8-17(12-23(18)3)32(27,28)25-4-6-29-7-5-25/h8,12-15H,4-7,9-11H2,1-3H3,(H,21,22,26). The maximum atomic E-state index is 12.9. The Labute approximate surface area is 192 Å². The van der Waals surface area contributed by atoms with Gasteiger partial charge in [-0.15, -0.1) is 11.3 Å². The van der Waals surface area contributed by atoms with Gasteiger partial charge in [0.2, 0.25) is 10.0 Å². The van der Waals surface area contributed by atoms with Crippen molar-refractivity contribution in [2.24, 2.45) is 7.05 Å². The molecule has 1 N–H and O–H groups in total. The van der Waals surface area contributed by atoms with Crippen molar-refractivity contribution in [3.8, 4) is 0 Å². The first-order valence-electron chi connectivity index (χ1n) is 10.6. The molecule has 0 aromatic carbocycles. The van der Waals surface area contributed by atoms with Crippen molar-refractivity contribution in [1.82, 2.24) is 18.8 Å². The molecule has 0 bridgehead atoms. The average molecular weight is 484 g/mol. The van der Waals surface area contributed by atoms with Gasteiger partial charge in [-0.3, -0.25) is 15.0 Å². The summed E-state index contributed by atoms with van der Waals surface area (Å²) in [6, 6.07) is 1.41. The second kappa shape index (κ2) is 9.57. The van der Waals surface area contributed by atoms with Gasteiger partial charge in [-0.25, -0.2) is 13.4 Å². The van der Waals surface area contributed by atoms with Gasteiger partial charge in [-0.2, -0.15) is 4.31 Å². The number of aryl methyl sites for hydroxylation is 1. The first-order valence-corrected chi connectivity index (χ1v) is 12.9. The van der Waals surface area contributed by atoms with E-state index >= 15 is 0 Å². The maximum absolute atomic E-state index is 12.9. The molecule has 176 valence electrons. The zero-order chi connectivity index (χ0) is 22.9. The lowest BCUT2D eigenvalue weighted by Gasteiger charge is -2.34. The number of hydrogen-bond acceptors (Lipinski definition) is 8. The molecule has 1 amide bonds. The number of anilines is 1. The summed E-state index contributed by atoms with van der Waals surface area (Å²) in [6.07, 6.45) is 1.82. The van der Waals surface area contributed by atoms with Crippen LogP contribution in [0.4, 0.5) is 5.13 Å². The number of sulfonamides is 1. The summed E-state index contributed by atoms with van der Waals surface area (Å²) in [6.45, 7) is 7.84. The highest BCUT2D eigenvalue weighted by Crippen LogP contribution is 2.22. The molecule has 4 rings (SSSR count). The molecule has 2 aromatic heterocycles. The van der Waals surface area contributed by atoms with Crippen molar-refractivity contribution in [3.63, 3.8) is 0 Å². The Morgan fingerprint density at radius 3 is 2.62 bits per heavy atom. The van der Waals surface area contributed by atoms with Crippen molar-refractivity contribution in [3.05, 3.63) is 29.0 Å². The topological polar surface area (TPSA) is 106 Å². The number of thiazole rings is 1. The van der Waals surface area contributed by atoms with E-state index in [9.17, 15) is 13.2 Å². The van der Waals surface area contributed by atoms with E-state index in [-0.39, 0.29) is 22.8 Å². The third-order valence-electron chi connectivity index (χ3n) is 5.47. The van der Waals surface area contributed by atoms with E-state index in [2.05, 4.69) is 29.0 Å². The molecule has 2 fully saturated rings. The summed E-state index contributed by atoms with van der Waals surface area (Å²) >= 11 is 1.35. The van der Waals surface area contributed by atoms with Crippen LogP contribution in [-0.4, -0.2) is 84.7 Å². The molecule has 0 radical (unpaired) electrons. The minimum absolute atomic E-state index is 0.0995. The molecule has 2 aromatic rings. The molecule has 2 atom stereocenters. The Kier molecular flexibility index (Phi) is 6.98. The van der Waals surface area contributed by atoms with Gasteiger partial charge in [0.25, 0.3) is 5.91 Å². The Bertz CT molecular complexity index is 1050. The predicted octanol–water partition coefficient (Wildman–Crippen LogP) is 1.36. The van der Waals surface area contributed by atoms with Crippen LogP contribution in [0.2, 0.25) is 0 Å². The van der Waals surface area contributed by atoms with Gasteiger partial charge in [0, 0.05) is 51.3 Å². The van der Waals surface area contributed by atoms with E-state index in [1.807, 2.05) is 5.38 Å². The van der Waals surface area contributed by atoms with Gasteiger partial charge in [0.05, 0.1) is 31.1 Å². The lowest BCUT2D eigenvalue weighted by Crippen LogP contribution is -2.44. The number of carbonyl (C=O) groups excluding carboxylic acids is 1. The zero-order valence-corrected chi connectivity index (χ0v) is 20.1. The molecule has 12 heteroatoms. The molecule has 32 heavy (non-hydrogen) atoms. The Morgan fingerprint density at radius 2 is 1.94 bits per heavy atom. The molecule has 0 saturated carbocycles. The third-order valence-corrected chi connectivity index (χ3v) is 8.14. The predicted molar refractivity (Wildman–Crippen MR) is 120 cm³/mol. The van der Waals surface area contributed by atoms with Crippen LogP contribution in [0.25, 0.3) is 0 Å². The summed E-state index contributed by atoms with van der Waals surface area (Å²) in [7, 11) is -2.01. The number of amides is 1. The first-order chi connectivity index (χ1) is 15.2. The monoisotopic (exact) mass is 483 g/mol. The summed E-state index contributed by atoms with van der Waals surface area (Å²) < 4.78 is 39.7. The van der Waals surface area contributed by atoms with E-state index in [0.29, 0.717) is 38.0 Å². The summed E-state index contributed by atoms with van der Waals surface area (Å²) in [5.41, 5.74) is 1.14. The second-order valence-corrected chi connectivity index (χ2v) is 11.0. The average Bonchev–Trinajstić information content (AvgIpc) is 3.34. The van der Waals surface area contributed by atoms with Crippen molar-refractivity contribution < 1.29 is 22.7 Å². The minimum atomic E-state index is -3.67. The van der Waals surface area contributed by atoms with Crippen molar-refractivity contribution in [2.75, 3.05) is 44.7 Å². The van der Waals surface area contributed by atoms with Crippen molar-refractivity contribution in [2.45, 2.75) is 37.5 Å². The van der Waals surface area contributed by atoms with Gasteiger partial charge < -0.3 is 14.0 Å². The van der Waals surface area contributed by atoms with Crippen LogP contribution in [0.5, 0.6) is 0 Å². The number of rotatable bonds is 6. The molecule has 0 spiro atoms. The number of morpholine rings is 2. The fourth-order valence-electron chi connectivity index (χ4n) is 4.08. The van der Waals surface area contributed by atoms with E-state index in [1.54, 1.807) is 7.05 Å². The van der Waals surface area contributed by atoms with Gasteiger partial charge in [0.1, 0.15) is 10.6 Å². The van der Waals surface area contributed by atoms with Crippen LogP contribution in [-0.2, 0) is 33.1 Å². The smallest absolute Gasteiger partial charge is 0.274 e. The van der Waals surface area contributed by atoms with E-state index in [4.69, 9.17) is 9.47 Å². The Morgan fingerprint density at radius 1 is 1.25 bits per heavy atom. The highest BCUT2D eigenvalue weighted by Gasteiger charge is 2.29. The fourth-order valence-corrected chi connectivity index (χ4v) is 6.25. The van der Waals surface area contributed by atoms with E-state index < -0.39 is 15.9 Å². The molecular weight excluding hydrogens is 454 g/mol. The van der Waals surface area contributed by atoms with Crippen LogP contribution in [0, 0.1) is 0 Å². The largest absolute Gasteiger partial charge is 0.379 e. The lowest BCUT2D eigenvalue weighted by atomic mass is 10.2. The van der Waals surface area contributed by atoms with Gasteiger partial charge in [0.15, 0.2) is 5.13 Å². The molecule has 2 unspecified atom stereocenters. The van der Waals surface area contributed by atoms with E-state index in [1.165, 1.54) is 32.5 Å². The van der Waals surface area contributed by atoms with Gasteiger partial charge in [-0.05, 0) is 19.9 Å². The van der Waals surface area contributed by atoms with Crippen LogP contribution >= 0.6 is 11.3 Å². The van der Waals surface area contributed by atoms with Crippen molar-refractivity contribution in [1.29, 1.82) is 0 Å². The fraction of sp³-hybridized carbons (Fsp3) is 0.600. The lowest BCUT2D eigenvalue weighted by molar-refractivity contribution is -0.0707. The highest BCUT2D eigenvalue weighted by molar-refractivity contribution is 7.89. The van der Waals surface area contributed by atoms with Crippen LogP contribution in [0.3, 0.4) is 0 Å². The highest BCUT2D eigenvalue weighted by atomic mass is 32.2. The SMILES string of the molecule is CC1CN(Cc2csc(NC(=O)c3cc(S(=O)(=O)N4CCOCC4)cn3C)n2)CC(C)O1. The van der Waals surface area contributed by atoms with Crippen LogP contribution < -0.4 is 5.32 Å². The maximum Gasteiger partial charge on any atom is 0.274 e. The normalized spacial score (nSPS) is 23.3. The Balaban J connectivity index is 1.41. The van der Waals surface area contributed by atoms with Gasteiger partial charge in [-0.1, -0.05) is 0 Å². The Hall–Kier alpha value is -1.83. The number of nitrogens with one attached hydrogen (secondary N) is 1. The molecule has 0 aliphatic carbocycles. The summed E-state index contributed by atoms with van der Waals surface area (Å²) in [5.74, 6) is -0.398. The number of hydrogen-bond donors (Lipinski definition) is 1. The number of nitrogens with zero attached hydrogens (tertiary/aromatic N) is 4. The number of aromatic nitrogens is 2. The van der Waals surface area contributed by atoms with E-state index in [0.717, 1.165) is 18.8 Å².